The summed E-state index contributed by atoms with van der Waals surface area (Å²) < 4.78 is 72.6. The van der Waals surface area contributed by atoms with Gasteiger partial charge in [0.1, 0.15) is 20.2 Å². The fraction of sp³-hybridized carbons (Fsp3) is 0.0476. The summed E-state index contributed by atoms with van der Waals surface area (Å²) in [7, 11) is -11.4. The third kappa shape index (κ3) is 4.09. The van der Waals surface area contributed by atoms with E-state index in [0.29, 0.717) is 10.8 Å². The molecule has 0 bridgehead atoms. The summed E-state index contributed by atoms with van der Waals surface area (Å²) in [6.07, 6.45) is 0. The third-order valence-electron chi connectivity index (χ3n) is 4.99. The van der Waals surface area contributed by atoms with Crippen LogP contribution < -0.4 is 0 Å². The molecule has 31 heavy (non-hydrogen) atoms. The van der Waals surface area contributed by atoms with Gasteiger partial charge in [-0.25, -0.2) is 16.8 Å². The molecule has 0 aromatic heterocycles. The maximum absolute atomic E-state index is 12.7. The van der Waals surface area contributed by atoms with Crippen LogP contribution in [0.1, 0.15) is 11.1 Å². The predicted octanol–water partition coefficient (Wildman–Crippen LogP) is 3.28. The Labute approximate surface area is 211 Å². The Hall–Kier alpha value is -1.30. The molecule has 4 rings (SSSR count). The molecule has 0 spiro atoms. The van der Waals surface area contributed by atoms with E-state index in [9.17, 15) is 25.9 Å². The molecular formula is C21H14Ag2O6S2. The van der Waals surface area contributed by atoms with Gasteiger partial charge in [0.05, 0.1) is 0 Å². The van der Waals surface area contributed by atoms with E-state index in [2.05, 4.69) is 0 Å². The molecule has 10 heteroatoms. The Morgan fingerprint density at radius 2 is 0.839 bits per heavy atom. The van der Waals surface area contributed by atoms with Crippen LogP contribution in [-0.2, 0) is 69.1 Å². The maximum atomic E-state index is 12.7. The second kappa shape index (κ2) is 9.29. The molecule has 0 unspecified atom stereocenters. The van der Waals surface area contributed by atoms with Crippen LogP contribution in [0.4, 0.5) is 0 Å². The number of hydrogen-bond acceptors (Lipinski definition) is 6. The number of fused-ring (bicyclic) bond motifs is 2. The molecule has 0 saturated carbocycles. The van der Waals surface area contributed by atoms with Gasteiger partial charge in [0.2, 0.25) is 4.08 Å². The van der Waals surface area contributed by atoms with E-state index in [1.807, 2.05) is 0 Å². The molecule has 6 nitrogen and oxygen atoms in total. The third-order valence-corrected chi connectivity index (χ3v) is 8.51. The molecule has 0 aliphatic rings. The summed E-state index contributed by atoms with van der Waals surface area (Å²) >= 11 is 0. The van der Waals surface area contributed by atoms with Crippen LogP contribution in [0, 0.1) is 0 Å². The smallest absolute Gasteiger partial charge is 0.746 e. The first-order chi connectivity index (χ1) is 13.7. The van der Waals surface area contributed by atoms with E-state index < -0.39 is 24.3 Å². The zero-order valence-electron chi connectivity index (χ0n) is 15.5. The fourth-order valence-electron chi connectivity index (χ4n) is 3.83. The Bertz CT molecular complexity index is 1340. The van der Waals surface area contributed by atoms with Crippen molar-refractivity contribution >= 4 is 41.8 Å². The van der Waals surface area contributed by atoms with Crippen molar-refractivity contribution in [3.8, 4) is 0 Å². The minimum absolute atomic E-state index is 0. The Morgan fingerprint density at radius 1 is 0.516 bits per heavy atom. The number of rotatable bonds is 4. The Kier molecular flexibility index (Phi) is 7.77. The van der Waals surface area contributed by atoms with Crippen molar-refractivity contribution in [3.63, 3.8) is 0 Å². The van der Waals surface area contributed by atoms with E-state index in [0.717, 1.165) is 0 Å². The molecule has 4 aromatic carbocycles. The summed E-state index contributed by atoms with van der Waals surface area (Å²) in [5.41, 5.74) is -0.756. The van der Waals surface area contributed by atoms with Crippen molar-refractivity contribution in [1.29, 1.82) is 0 Å². The van der Waals surface area contributed by atoms with Crippen LogP contribution in [0.3, 0.4) is 0 Å². The number of benzene rings is 4. The molecule has 0 aliphatic carbocycles. The van der Waals surface area contributed by atoms with Gasteiger partial charge in [-0.05, 0) is 32.7 Å². The van der Waals surface area contributed by atoms with Gasteiger partial charge >= 0.3 is 44.8 Å². The van der Waals surface area contributed by atoms with Gasteiger partial charge < -0.3 is 9.11 Å². The average Bonchev–Trinajstić information content (AvgIpc) is 2.67. The molecule has 0 atom stereocenters. The first-order valence-electron chi connectivity index (χ1n) is 8.55. The molecule has 0 aliphatic heterocycles. The van der Waals surface area contributed by atoms with Crippen molar-refractivity contribution in [1.82, 2.24) is 0 Å². The van der Waals surface area contributed by atoms with Crippen molar-refractivity contribution in [2.75, 3.05) is 0 Å². The molecule has 168 valence electrons. The first kappa shape index (κ1) is 26.0. The van der Waals surface area contributed by atoms with Crippen molar-refractivity contribution in [2.24, 2.45) is 0 Å². The van der Waals surface area contributed by atoms with Gasteiger partial charge in [0.25, 0.3) is 0 Å². The second-order valence-corrected chi connectivity index (χ2v) is 9.88. The van der Waals surface area contributed by atoms with E-state index in [1.54, 1.807) is 48.5 Å². The van der Waals surface area contributed by atoms with Gasteiger partial charge in [-0.3, -0.25) is 0 Å². The molecule has 4 aromatic rings. The van der Waals surface area contributed by atoms with Crippen LogP contribution >= 0.6 is 0 Å². The van der Waals surface area contributed by atoms with Gasteiger partial charge in [0.15, 0.2) is 0 Å². The average molecular weight is 642 g/mol. The summed E-state index contributed by atoms with van der Waals surface area (Å²) in [5, 5.41) is 1.40. The van der Waals surface area contributed by atoms with Crippen LogP contribution in [-0.4, -0.2) is 25.9 Å². The summed E-state index contributed by atoms with van der Waals surface area (Å²) in [4.78, 5) is 0. The van der Waals surface area contributed by atoms with Crippen LogP contribution in [0.15, 0.2) is 84.9 Å². The SMILES string of the molecule is O=S(=O)([O-])C(c1cccc2ccccc12)(c1cccc2ccccc12)S(=O)(=O)[O-].[Ag+].[Ag+]. The minimum atomic E-state index is -5.72. The van der Waals surface area contributed by atoms with E-state index in [4.69, 9.17) is 0 Å². The van der Waals surface area contributed by atoms with Crippen LogP contribution in [0.2, 0.25) is 0 Å². The number of hydrogen-bond donors (Lipinski definition) is 0. The molecule has 0 radical (unpaired) electrons. The zero-order chi connectivity index (χ0) is 20.9. The maximum Gasteiger partial charge on any atom is 1.00 e. The summed E-state index contributed by atoms with van der Waals surface area (Å²) in [6, 6.07) is 21.3. The second-order valence-electron chi connectivity index (χ2n) is 6.58. The topological polar surface area (TPSA) is 114 Å². The van der Waals surface area contributed by atoms with Crippen LogP contribution in [0.25, 0.3) is 21.5 Å². The van der Waals surface area contributed by atoms with Gasteiger partial charge in [-0.15, -0.1) is 0 Å². The van der Waals surface area contributed by atoms with Crippen molar-refractivity contribution in [3.05, 3.63) is 96.1 Å². The fourth-order valence-corrected chi connectivity index (χ4v) is 6.62. The molecule has 0 fully saturated rings. The summed E-state index contributed by atoms with van der Waals surface area (Å²) in [5.74, 6) is 0. The monoisotopic (exact) mass is 640 g/mol. The molecule has 0 N–H and O–H groups in total. The van der Waals surface area contributed by atoms with Gasteiger partial charge in [0, 0.05) is 0 Å². The molecule has 0 heterocycles. The minimum Gasteiger partial charge on any atom is -0.746 e. The largest absolute Gasteiger partial charge is 1.00 e. The van der Waals surface area contributed by atoms with E-state index in [1.165, 1.54) is 36.4 Å². The van der Waals surface area contributed by atoms with Crippen molar-refractivity contribution in [2.45, 2.75) is 4.08 Å². The Balaban J connectivity index is 0.00000171. The first-order valence-corrected chi connectivity index (χ1v) is 11.4. The Morgan fingerprint density at radius 3 is 1.19 bits per heavy atom. The normalized spacial score (nSPS) is 12.2. The van der Waals surface area contributed by atoms with Crippen molar-refractivity contribution < 1.29 is 70.7 Å². The quantitative estimate of drug-likeness (QED) is 0.250. The van der Waals surface area contributed by atoms with Gasteiger partial charge in [-0.2, -0.15) is 0 Å². The zero-order valence-corrected chi connectivity index (χ0v) is 20.0. The molecular weight excluding hydrogens is 628 g/mol. The predicted molar refractivity (Wildman–Crippen MR) is 108 cm³/mol. The molecule has 0 amide bonds. The van der Waals surface area contributed by atoms with E-state index >= 15 is 0 Å². The van der Waals surface area contributed by atoms with Crippen LogP contribution in [0.5, 0.6) is 0 Å². The van der Waals surface area contributed by atoms with Gasteiger partial charge in [-0.1, -0.05) is 84.9 Å². The molecule has 0 saturated heterocycles. The standard InChI is InChI=1S/C21H16O6S2.2Ag/c22-28(23,24)21(29(25,26)27,19-13-5-9-15-7-1-3-11-17(15)19)20-14-6-10-16-8-2-4-12-18(16)20;;/h1-14H,(H,22,23,24)(H,25,26,27);;/q;2*+1/p-2. The van der Waals surface area contributed by atoms with E-state index in [-0.39, 0.29) is 66.7 Å². The summed E-state index contributed by atoms with van der Waals surface area (Å²) in [6.45, 7) is 0.